The van der Waals surface area contributed by atoms with Crippen LogP contribution in [0.5, 0.6) is 0 Å². The molecule has 0 heterocycles. The second-order valence-corrected chi connectivity index (χ2v) is 33.4. The van der Waals surface area contributed by atoms with Gasteiger partial charge in [-0.15, -0.1) is 0 Å². The number of esters is 4. The van der Waals surface area contributed by atoms with Crippen molar-refractivity contribution in [3.8, 4) is 0 Å². The van der Waals surface area contributed by atoms with E-state index >= 15 is 0 Å². The third-order valence-corrected chi connectivity index (χ3v) is 20.8. The molecule has 0 spiro atoms. The second kappa shape index (κ2) is 69.1. The molecule has 0 aliphatic carbocycles. The molecule has 0 rings (SSSR count). The molecule has 0 fully saturated rings. The van der Waals surface area contributed by atoms with Crippen molar-refractivity contribution >= 4 is 39.5 Å². The Hall–Kier alpha value is -1.94. The van der Waals surface area contributed by atoms with Crippen LogP contribution in [-0.4, -0.2) is 96.7 Å². The van der Waals surface area contributed by atoms with Gasteiger partial charge in [-0.25, -0.2) is 9.13 Å². The van der Waals surface area contributed by atoms with Crippen LogP contribution in [0.3, 0.4) is 0 Å². The molecule has 0 aromatic carbocycles. The number of phosphoric acid groups is 2. The van der Waals surface area contributed by atoms with Gasteiger partial charge in [-0.2, -0.15) is 0 Å². The van der Waals surface area contributed by atoms with Gasteiger partial charge in [0.05, 0.1) is 26.4 Å². The van der Waals surface area contributed by atoms with Gasteiger partial charge in [0.15, 0.2) is 12.2 Å². The zero-order valence-electron chi connectivity index (χ0n) is 65.1. The van der Waals surface area contributed by atoms with Gasteiger partial charge in [-0.05, 0) is 49.4 Å². The highest BCUT2D eigenvalue weighted by Gasteiger charge is 2.30. The first-order chi connectivity index (χ1) is 47.6. The van der Waals surface area contributed by atoms with Gasteiger partial charge in [0.2, 0.25) is 0 Å². The predicted octanol–water partition coefficient (Wildman–Crippen LogP) is 23.6. The van der Waals surface area contributed by atoms with E-state index in [-0.39, 0.29) is 25.7 Å². The minimum absolute atomic E-state index is 0.106. The molecule has 3 N–H and O–H groups in total. The van der Waals surface area contributed by atoms with Crippen molar-refractivity contribution in [3.05, 3.63) is 0 Å². The fraction of sp³-hybridized carbons (Fsp3) is 0.950. The van der Waals surface area contributed by atoms with Crippen LogP contribution in [-0.2, 0) is 65.4 Å². The maximum absolute atomic E-state index is 13.1. The average molecular weight is 1450 g/mol. The lowest BCUT2D eigenvalue weighted by atomic mass is 9.99. The van der Waals surface area contributed by atoms with Crippen LogP contribution in [0.4, 0.5) is 0 Å². The Morgan fingerprint density at radius 2 is 0.485 bits per heavy atom. The fourth-order valence-corrected chi connectivity index (χ4v) is 13.8. The molecular formula is C80H156O17P2. The molecule has 0 aromatic rings. The van der Waals surface area contributed by atoms with Crippen molar-refractivity contribution in [1.29, 1.82) is 0 Å². The summed E-state index contributed by atoms with van der Waals surface area (Å²) >= 11 is 0. The third-order valence-electron chi connectivity index (χ3n) is 18.9. The first-order valence-corrected chi connectivity index (χ1v) is 44.2. The molecule has 6 atom stereocenters. The van der Waals surface area contributed by atoms with Crippen molar-refractivity contribution in [2.75, 3.05) is 39.6 Å². The minimum atomic E-state index is -4.96. The Morgan fingerprint density at radius 1 is 0.283 bits per heavy atom. The largest absolute Gasteiger partial charge is 0.472 e. The lowest BCUT2D eigenvalue weighted by Crippen LogP contribution is -2.30. The molecule has 99 heavy (non-hydrogen) atoms. The van der Waals surface area contributed by atoms with Crippen LogP contribution in [0.15, 0.2) is 0 Å². The minimum Gasteiger partial charge on any atom is -0.462 e. The summed E-state index contributed by atoms with van der Waals surface area (Å²) in [5, 5.41) is 10.6. The molecule has 0 bridgehead atoms. The standard InChI is InChI=1S/C80H156O17P2/c1-9-73(8)59-51-43-35-29-30-36-44-52-60-77(82)90-66-75(96-79(84)63-55-47-38-28-24-20-16-18-22-26-33-41-49-57-71(4)5)68-94-98(86,87)92-64-74(81)65-93-99(88,89)95-69-76(67-91-78(83)61-53-45-39-31-34-42-50-58-72(6)7)97-80(85)62-54-46-37-27-23-19-15-13-11-10-12-14-17-21-25-32-40-48-56-70(2)3/h70-76,81H,9-69H2,1-8H3,(H,86,87)(H,88,89)/t73?,74?,75-,76-/m1/s1. The molecule has 588 valence electrons. The maximum atomic E-state index is 13.1. The summed E-state index contributed by atoms with van der Waals surface area (Å²) in [5.74, 6) is 0.972. The number of carbonyl (C=O) groups is 4. The SMILES string of the molecule is CCC(C)CCCCCCCCCCC(=O)OC[C@H](COP(=O)(O)OCC(O)COP(=O)(O)OC[C@@H](COC(=O)CCCCCCCCCC(C)C)OC(=O)CCCCCCCCCCCCCCCCCCCCC(C)C)OC(=O)CCCCCCCCCCCCCCCC(C)C. The average Bonchev–Trinajstić information content (AvgIpc) is 1.01. The summed E-state index contributed by atoms with van der Waals surface area (Å²) in [6.45, 7) is 14.2. The van der Waals surface area contributed by atoms with Crippen molar-refractivity contribution in [2.24, 2.45) is 23.7 Å². The van der Waals surface area contributed by atoms with E-state index in [2.05, 4.69) is 55.4 Å². The number of ether oxygens (including phenoxy) is 4. The van der Waals surface area contributed by atoms with E-state index in [1.165, 1.54) is 205 Å². The zero-order chi connectivity index (χ0) is 73.1. The lowest BCUT2D eigenvalue weighted by molar-refractivity contribution is -0.161. The number of hydrogen-bond acceptors (Lipinski definition) is 15. The number of carbonyl (C=O) groups excluding carboxylic acids is 4. The number of phosphoric ester groups is 2. The van der Waals surface area contributed by atoms with Crippen molar-refractivity contribution in [2.45, 2.75) is 427 Å². The molecule has 0 amide bonds. The van der Waals surface area contributed by atoms with Gasteiger partial charge in [-0.1, -0.05) is 357 Å². The van der Waals surface area contributed by atoms with E-state index in [1.54, 1.807) is 0 Å². The molecule has 0 saturated carbocycles. The van der Waals surface area contributed by atoms with Gasteiger partial charge >= 0.3 is 39.5 Å². The number of aliphatic hydroxyl groups is 1. The highest BCUT2D eigenvalue weighted by atomic mass is 31.2. The first kappa shape index (κ1) is 97.1. The topological polar surface area (TPSA) is 237 Å². The van der Waals surface area contributed by atoms with E-state index in [1.807, 2.05) is 0 Å². The van der Waals surface area contributed by atoms with Gasteiger partial charge < -0.3 is 33.8 Å². The number of aliphatic hydroxyl groups excluding tert-OH is 1. The maximum Gasteiger partial charge on any atom is 0.472 e. The van der Waals surface area contributed by atoms with Crippen LogP contribution >= 0.6 is 15.6 Å². The first-order valence-electron chi connectivity index (χ1n) is 41.2. The summed E-state index contributed by atoms with van der Waals surface area (Å²) in [6, 6.07) is 0. The lowest BCUT2D eigenvalue weighted by Gasteiger charge is -2.21. The normalized spacial score (nSPS) is 14.3. The molecule has 0 saturated heterocycles. The van der Waals surface area contributed by atoms with E-state index in [0.717, 1.165) is 114 Å². The summed E-state index contributed by atoms with van der Waals surface area (Å²) in [6.07, 6.45) is 55.6. The predicted molar refractivity (Wildman–Crippen MR) is 404 cm³/mol. The summed E-state index contributed by atoms with van der Waals surface area (Å²) in [7, 11) is -9.92. The molecule has 19 heteroatoms. The van der Waals surface area contributed by atoms with Gasteiger partial charge in [0.25, 0.3) is 0 Å². The molecule has 17 nitrogen and oxygen atoms in total. The number of hydrogen-bond donors (Lipinski definition) is 3. The Kier molecular flexibility index (Phi) is 67.8. The van der Waals surface area contributed by atoms with E-state index < -0.39 is 97.5 Å². The summed E-state index contributed by atoms with van der Waals surface area (Å²) in [4.78, 5) is 72.9. The van der Waals surface area contributed by atoms with E-state index in [9.17, 15) is 43.2 Å². The van der Waals surface area contributed by atoms with E-state index in [0.29, 0.717) is 31.6 Å². The summed E-state index contributed by atoms with van der Waals surface area (Å²) in [5.41, 5.74) is 0. The highest BCUT2D eigenvalue weighted by molar-refractivity contribution is 7.47. The smallest absolute Gasteiger partial charge is 0.462 e. The molecule has 0 radical (unpaired) electrons. The third kappa shape index (κ3) is 72.8. The Bertz CT molecular complexity index is 1940. The van der Waals surface area contributed by atoms with Crippen LogP contribution in [0.2, 0.25) is 0 Å². The molecular weight excluding hydrogens is 1290 g/mol. The Morgan fingerprint density at radius 3 is 0.717 bits per heavy atom. The number of rotatable bonds is 77. The molecule has 0 aliphatic heterocycles. The van der Waals surface area contributed by atoms with Gasteiger partial charge in [0, 0.05) is 25.7 Å². The molecule has 4 unspecified atom stereocenters. The molecule has 0 aliphatic rings. The van der Waals surface area contributed by atoms with Crippen molar-refractivity contribution in [1.82, 2.24) is 0 Å². The fourth-order valence-electron chi connectivity index (χ4n) is 12.2. The zero-order valence-corrected chi connectivity index (χ0v) is 66.9. The van der Waals surface area contributed by atoms with E-state index in [4.69, 9.17) is 37.0 Å². The quantitative estimate of drug-likeness (QED) is 0.0222. The van der Waals surface area contributed by atoms with Crippen LogP contribution < -0.4 is 0 Å². The Labute approximate surface area is 607 Å². The summed E-state index contributed by atoms with van der Waals surface area (Å²) < 4.78 is 68.6. The van der Waals surface area contributed by atoms with Crippen molar-refractivity contribution in [3.63, 3.8) is 0 Å². The van der Waals surface area contributed by atoms with Crippen LogP contribution in [0, 0.1) is 23.7 Å². The number of unbranched alkanes of at least 4 members (excludes halogenated alkanes) is 42. The Balaban J connectivity index is 5.20. The molecule has 0 aromatic heterocycles. The monoisotopic (exact) mass is 1450 g/mol. The van der Waals surface area contributed by atoms with Gasteiger partial charge in [-0.3, -0.25) is 37.3 Å². The van der Waals surface area contributed by atoms with Gasteiger partial charge in [0.1, 0.15) is 19.3 Å². The highest BCUT2D eigenvalue weighted by Crippen LogP contribution is 2.45. The van der Waals surface area contributed by atoms with Crippen molar-refractivity contribution < 1.29 is 80.2 Å². The second-order valence-electron chi connectivity index (χ2n) is 30.5. The van der Waals surface area contributed by atoms with Crippen LogP contribution in [0.25, 0.3) is 0 Å². The van der Waals surface area contributed by atoms with Crippen LogP contribution in [0.1, 0.15) is 409 Å².